The third-order valence-corrected chi connectivity index (χ3v) is 7.20. The fourth-order valence-electron chi connectivity index (χ4n) is 5.18. The van der Waals surface area contributed by atoms with Crippen LogP contribution in [0.15, 0.2) is 23.3 Å². The molecule has 0 aromatic carbocycles. The van der Waals surface area contributed by atoms with Crippen molar-refractivity contribution in [2.24, 2.45) is 22.2 Å². The highest BCUT2D eigenvalue weighted by molar-refractivity contribution is 5.73. The maximum absolute atomic E-state index is 12.0. The third kappa shape index (κ3) is 2.67. The molecule has 0 aromatic rings. The van der Waals surface area contributed by atoms with Gasteiger partial charge in [0.1, 0.15) is 0 Å². The van der Waals surface area contributed by atoms with Crippen molar-refractivity contribution in [3.63, 3.8) is 0 Å². The summed E-state index contributed by atoms with van der Waals surface area (Å²) in [6.07, 6.45) is 8.90. The molecule has 0 amide bonds. The van der Waals surface area contributed by atoms with Gasteiger partial charge >= 0.3 is 5.97 Å². The van der Waals surface area contributed by atoms with Gasteiger partial charge in [0.25, 0.3) is 0 Å². The van der Waals surface area contributed by atoms with Gasteiger partial charge in [0.15, 0.2) is 0 Å². The standard InChI is InChI=1S/C20H32O3/c1-14(13-21)8-6-11-19(4)16(17(22)23)12-15-9-7-10-18(2,3)20(15,19)5/h8-9,16,21H,6-7,10-13H2,1-5H3,(H,22,23)/b14-8-/t16-,19-,20-/m1/s1. The molecule has 2 aliphatic carbocycles. The van der Waals surface area contributed by atoms with Crippen LogP contribution < -0.4 is 0 Å². The van der Waals surface area contributed by atoms with E-state index in [1.807, 2.05) is 6.92 Å². The van der Waals surface area contributed by atoms with E-state index in [9.17, 15) is 15.0 Å². The molecule has 0 heterocycles. The molecule has 2 aliphatic rings. The maximum atomic E-state index is 12.0. The van der Waals surface area contributed by atoms with Gasteiger partial charge in [-0.15, -0.1) is 0 Å². The van der Waals surface area contributed by atoms with Crippen molar-refractivity contribution in [3.8, 4) is 0 Å². The second kappa shape index (κ2) is 6.08. The van der Waals surface area contributed by atoms with Crippen LogP contribution in [0.1, 0.15) is 66.7 Å². The zero-order valence-electron chi connectivity index (χ0n) is 15.3. The van der Waals surface area contributed by atoms with E-state index in [2.05, 4.69) is 39.8 Å². The molecule has 0 bridgehead atoms. The van der Waals surface area contributed by atoms with Crippen LogP contribution >= 0.6 is 0 Å². The van der Waals surface area contributed by atoms with Gasteiger partial charge in [-0.05, 0) is 55.3 Å². The summed E-state index contributed by atoms with van der Waals surface area (Å²) in [7, 11) is 0. The number of carboxylic acids is 1. The Labute approximate surface area is 140 Å². The highest BCUT2D eigenvalue weighted by atomic mass is 16.4. The lowest BCUT2D eigenvalue weighted by Crippen LogP contribution is -2.50. The molecule has 23 heavy (non-hydrogen) atoms. The fourth-order valence-corrected chi connectivity index (χ4v) is 5.18. The van der Waals surface area contributed by atoms with E-state index in [0.29, 0.717) is 6.42 Å². The lowest BCUT2D eigenvalue weighted by Gasteiger charge is -2.55. The summed E-state index contributed by atoms with van der Waals surface area (Å²) >= 11 is 0. The molecular weight excluding hydrogens is 288 g/mol. The van der Waals surface area contributed by atoms with Gasteiger partial charge < -0.3 is 10.2 Å². The van der Waals surface area contributed by atoms with Crippen molar-refractivity contribution in [2.45, 2.75) is 66.7 Å². The van der Waals surface area contributed by atoms with Crippen molar-refractivity contribution in [1.82, 2.24) is 0 Å². The van der Waals surface area contributed by atoms with E-state index in [0.717, 1.165) is 31.3 Å². The quantitative estimate of drug-likeness (QED) is 0.730. The minimum Gasteiger partial charge on any atom is -0.481 e. The Morgan fingerprint density at radius 3 is 2.57 bits per heavy atom. The number of aliphatic carboxylic acids is 1. The molecule has 0 aliphatic heterocycles. The van der Waals surface area contributed by atoms with Crippen LogP contribution in [-0.4, -0.2) is 22.8 Å². The number of carbonyl (C=O) groups is 1. The van der Waals surface area contributed by atoms with Gasteiger partial charge in [0, 0.05) is 0 Å². The minimum absolute atomic E-state index is 0.0764. The zero-order valence-corrected chi connectivity index (χ0v) is 15.3. The first-order valence-corrected chi connectivity index (χ1v) is 8.79. The van der Waals surface area contributed by atoms with Gasteiger partial charge in [-0.25, -0.2) is 0 Å². The van der Waals surface area contributed by atoms with Gasteiger partial charge in [-0.3, -0.25) is 4.79 Å². The van der Waals surface area contributed by atoms with Crippen molar-refractivity contribution in [2.75, 3.05) is 6.61 Å². The van der Waals surface area contributed by atoms with Crippen LogP contribution in [0.3, 0.4) is 0 Å². The summed E-state index contributed by atoms with van der Waals surface area (Å²) in [5, 5.41) is 19.0. The molecule has 0 saturated heterocycles. The largest absolute Gasteiger partial charge is 0.481 e. The van der Waals surface area contributed by atoms with E-state index >= 15 is 0 Å². The Morgan fingerprint density at radius 2 is 2.00 bits per heavy atom. The lowest BCUT2D eigenvalue weighted by atomic mass is 9.48. The predicted molar refractivity (Wildman–Crippen MR) is 93.1 cm³/mol. The predicted octanol–water partition coefficient (Wildman–Crippen LogP) is 4.57. The molecule has 3 nitrogen and oxygen atoms in total. The Bertz CT molecular complexity index is 543. The Morgan fingerprint density at radius 1 is 1.35 bits per heavy atom. The summed E-state index contributed by atoms with van der Waals surface area (Å²) < 4.78 is 0. The molecule has 2 N–H and O–H groups in total. The first-order chi connectivity index (χ1) is 10.6. The molecule has 0 aromatic heterocycles. The third-order valence-electron chi connectivity index (χ3n) is 7.20. The highest BCUT2D eigenvalue weighted by Crippen LogP contribution is 2.70. The van der Waals surface area contributed by atoms with Gasteiger partial charge in [-0.2, -0.15) is 0 Å². The second-order valence-corrected chi connectivity index (χ2v) is 8.54. The number of carboxylic acid groups (broad SMARTS) is 1. The summed E-state index contributed by atoms with van der Waals surface area (Å²) in [6.45, 7) is 11.1. The molecule has 130 valence electrons. The van der Waals surface area contributed by atoms with E-state index in [4.69, 9.17) is 0 Å². The van der Waals surface area contributed by atoms with Crippen molar-refractivity contribution in [1.29, 1.82) is 0 Å². The van der Waals surface area contributed by atoms with Crippen LogP contribution in [0.5, 0.6) is 0 Å². The second-order valence-electron chi connectivity index (χ2n) is 8.54. The summed E-state index contributed by atoms with van der Waals surface area (Å²) in [5.74, 6) is -0.985. The molecule has 0 radical (unpaired) electrons. The summed E-state index contributed by atoms with van der Waals surface area (Å²) in [5.41, 5.74) is 2.07. The maximum Gasteiger partial charge on any atom is 0.307 e. The van der Waals surface area contributed by atoms with Crippen LogP contribution in [0.4, 0.5) is 0 Å². The molecule has 3 heteroatoms. The molecular formula is C20H32O3. The molecule has 2 rings (SSSR count). The van der Waals surface area contributed by atoms with E-state index < -0.39 is 5.97 Å². The van der Waals surface area contributed by atoms with Gasteiger partial charge in [0.05, 0.1) is 12.5 Å². The monoisotopic (exact) mass is 320 g/mol. The zero-order chi connectivity index (χ0) is 17.5. The first kappa shape index (κ1) is 18.3. The number of aliphatic hydroxyl groups is 1. The van der Waals surface area contributed by atoms with Crippen molar-refractivity contribution < 1.29 is 15.0 Å². The minimum atomic E-state index is -0.664. The molecule has 1 fully saturated rings. The average molecular weight is 320 g/mol. The van der Waals surface area contributed by atoms with E-state index in [1.54, 1.807) is 0 Å². The number of hydrogen-bond donors (Lipinski definition) is 2. The van der Waals surface area contributed by atoms with Crippen molar-refractivity contribution in [3.05, 3.63) is 23.3 Å². The average Bonchev–Trinajstić information content (AvgIpc) is 2.70. The Balaban J connectivity index is 2.43. The molecule has 3 atom stereocenters. The summed E-state index contributed by atoms with van der Waals surface area (Å²) in [4.78, 5) is 12.0. The topological polar surface area (TPSA) is 57.5 Å². The Hall–Kier alpha value is -1.09. The fraction of sp³-hybridized carbons (Fsp3) is 0.750. The van der Waals surface area contributed by atoms with Crippen LogP contribution in [-0.2, 0) is 4.79 Å². The van der Waals surface area contributed by atoms with E-state index in [-0.39, 0.29) is 28.8 Å². The van der Waals surface area contributed by atoms with Gasteiger partial charge in [-0.1, -0.05) is 51.0 Å². The number of hydrogen-bond acceptors (Lipinski definition) is 2. The smallest absolute Gasteiger partial charge is 0.307 e. The number of allylic oxidation sites excluding steroid dienone is 3. The summed E-state index contributed by atoms with van der Waals surface area (Å²) in [6, 6.07) is 0. The van der Waals surface area contributed by atoms with Crippen LogP contribution in [0.2, 0.25) is 0 Å². The Kier molecular flexibility index (Phi) is 4.83. The van der Waals surface area contributed by atoms with Crippen LogP contribution in [0.25, 0.3) is 0 Å². The van der Waals surface area contributed by atoms with E-state index in [1.165, 1.54) is 5.57 Å². The SMILES string of the molecule is C/C(=C/CC[C@]1(C)[C@@H](C(=O)O)CC2=CCCC(C)(C)[C@@]21C)CO. The number of aliphatic hydroxyl groups excluding tert-OH is 1. The number of rotatable bonds is 5. The normalized spacial score (nSPS) is 36.5. The van der Waals surface area contributed by atoms with Crippen molar-refractivity contribution >= 4 is 5.97 Å². The number of fused-ring (bicyclic) bond motifs is 1. The molecule has 0 spiro atoms. The molecule has 1 saturated carbocycles. The lowest BCUT2D eigenvalue weighted by molar-refractivity contribution is -0.149. The molecule has 0 unspecified atom stereocenters. The van der Waals surface area contributed by atoms with Gasteiger partial charge in [0.2, 0.25) is 0 Å². The van der Waals surface area contributed by atoms with Crippen LogP contribution in [0, 0.1) is 22.2 Å². The highest BCUT2D eigenvalue weighted by Gasteiger charge is 2.64. The first-order valence-electron chi connectivity index (χ1n) is 8.79.